The van der Waals surface area contributed by atoms with Gasteiger partial charge in [0.25, 0.3) is 5.95 Å². The number of halogens is 1. The van der Waals surface area contributed by atoms with Gasteiger partial charge in [-0.05, 0) is 38.2 Å². The van der Waals surface area contributed by atoms with E-state index in [1.807, 2.05) is 19.9 Å². The summed E-state index contributed by atoms with van der Waals surface area (Å²) in [6.45, 7) is 10.5. The minimum Gasteiger partial charge on any atom is -0.355 e. The molecule has 22 heavy (non-hydrogen) atoms. The number of rotatable bonds is 2. The Balaban J connectivity index is 1.98. The van der Waals surface area contributed by atoms with Gasteiger partial charge < -0.3 is 4.90 Å². The highest BCUT2D eigenvalue weighted by molar-refractivity contribution is 6.32. The quantitative estimate of drug-likeness (QED) is 0.851. The molecule has 0 aliphatic carbocycles. The Morgan fingerprint density at radius 3 is 2.45 bits per heavy atom. The summed E-state index contributed by atoms with van der Waals surface area (Å²) in [4.78, 5) is 11.3. The average molecular weight is 320 g/mol. The largest absolute Gasteiger partial charge is 0.355 e. The Morgan fingerprint density at radius 1 is 1.18 bits per heavy atom. The molecule has 0 bridgehead atoms. The highest BCUT2D eigenvalue weighted by atomic mass is 35.5. The Hall–Kier alpha value is -1.62. The molecule has 2 aromatic rings. The molecule has 3 heterocycles. The fourth-order valence-electron chi connectivity index (χ4n) is 3.34. The SMILES string of the molecule is Cc1cc(C)n(-c2ncc(Cl)c(N3C[C@H](C)C[C@H](C)C3)n2)n1. The predicted octanol–water partition coefficient (Wildman–Crippen LogP) is 3.41. The zero-order valence-electron chi connectivity index (χ0n) is 13.5. The van der Waals surface area contributed by atoms with Gasteiger partial charge in [0.05, 0.1) is 11.9 Å². The van der Waals surface area contributed by atoms with Gasteiger partial charge in [-0.15, -0.1) is 0 Å². The van der Waals surface area contributed by atoms with Crippen molar-refractivity contribution in [2.45, 2.75) is 34.1 Å². The van der Waals surface area contributed by atoms with Crippen LogP contribution in [-0.2, 0) is 0 Å². The molecule has 5 nitrogen and oxygen atoms in total. The van der Waals surface area contributed by atoms with Gasteiger partial charge >= 0.3 is 0 Å². The van der Waals surface area contributed by atoms with E-state index in [-0.39, 0.29) is 0 Å². The van der Waals surface area contributed by atoms with Crippen molar-refractivity contribution in [1.29, 1.82) is 0 Å². The maximum atomic E-state index is 6.36. The first-order valence-corrected chi connectivity index (χ1v) is 8.13. The zero-order valence-corrected chi connectivity index (χ0v) is 14.3. The Kier molecular flexibility index (Phi) is 4.08. The van der Waals surface area contributed by atoms with Crippen LogP contribution in [0.2, 0.25) is 5.02 Å². The molecule has 6 heteroatoms. The van der Waals surface area contributed by atoms with Crippen LogP contribution in [-0.4, -0.2) is 32.8 Å². The molecule has 118 valence electrons. The van der Waals surface area contributed by atoms with E-state index in [1.165, 1.54) is 6.42 Å². The molecule has 1 aliphatic heterocycles. The van der Waals surface area contributed by atoms with Crippen molar-refractivity contribution in [2.75, 3.05) is 18.0 Å². The van der Waals surface area contributed by atoms with Gasteiger partial charge in [-0.1, -0.05) is 25.4 Å². The van der Waals surface area contributed by atoms with Crippen LogP contribution < -0.4 is 4.90 Å². The molecule has 2 atom stereocenters. The number of aromatic nitrogens is 4. The van der Waals surface area contributed by atoms with Crippen LogP contribution in [0.25, 0.3) is 5.95 Å². The first-order valence-electron chi connectivity index (χ1n) is 7.75. The van der Waals surface area contributed by atoms with Crippen LogP contribution in [0.15, 0.2) is 12.3 Å². The van der Waals surface area contributed by atoms with Gasteiger partial charge in [0.15, 0.2) is 5.82 Å². The van der Waals surface area contributed by atoms with E-state index in [4.69, 9.17) is 16.6 Å². The molecule has 1 fully saturated rings. The molecule has 0 saturated carbocycles. The lowest BCUT2D eigenvalue weighted by atomic mass is 9.92. The molecule has 2 aromatic heterocycles. The van der Waals surface area contributed by atoms with Crippen molar-refractivity contribution < 1.29 is 0 Å². The number of hydrogen-bond donors (Lipinski definition) is 0. The highest BCUT2D eigenvalue weighted by Gasteiger charge is 2.25. The van der Waals surface area contributed by atoms with E-state index in [0.29, 0.717) is 22.8 Å². The summed E-state index contributed by atoms with van der Waals surface area (Å²) < 4.78 is 1.77. The second-order valence-electron chi connectivity index (χ2n) is 6.53. The maximum absolute atomic E-state index is 6.36. The minimum absolute atomic E-state index is 0.580. The van der Waals surface area contributed by atoms with Gasteiger partial charge in [0.1, 0.15) is 5.02 Å². The van der Waals surface area contributed by atoms with Crippen LogP contribution in [0, 0.1) is 25.7 Å². The van der Waals surface area contributed by atoms with E-state index in [1.54, 1.807) is 10.9 Å². The Morgan fingerprint density at radius 2 is 1.86 bits per heavy atom. The van der Waals surface area contributed by atoms with Crippen molar-refractivity contribution in [2.24, 2.45) is 11.8 Å². The summed E-state index contributed by atoms with van der Waals surface area (Å²) in [7, 11) is 0. The predicted molar refractivity (Wildman–Crippen MR) is 88.8 cm³/mol. The van der Waals surface area contributed by atoms with Gasteiger partial charge in [0.2, 0.25) is 0 Å². The molecule has 0 radical (unpaired) electrons. The van der Waals surface area contributed by atoms with E-state index >= 15 is 0 Å². The molecule has 0 unspecified atom stereocenters. The van der Waals surface area contributed by atoms with Crippen LogP contribution >= 0.6 is 11.6 Å². The fraction of sp³-hybridized carbons (Fsp3) is 0.562. The van der Waals surface area contributed by atoms with Crippen LogP contribution in [0.1, 0.15) is 31.7 Å². The molecule has 1 saturated heterocycles. The number of hydrogen-bond acceptors (Lipinski definition) is 4. The fourth-order valence-corrected chi connectivity index (χ4v) is 3.55. The maximum Gasteiger partial charge on any atom is 0.252 e. The van der Waals surface area contributed by atoms with Crippen LogP contribution in [0.5, 0.6) is 0 Å². The summed E-state index contributed by atoms with van der Waals surface area (Å²) in [5, 5.41) is 5.06. The molecular weight excluding hydrogens is 298 g/mol. The molecular formula is C16H22ClN5. The number of anilines is 1. The lowest BCUT2D eigenvalue weighted by molar-refractivity contribution is 0.355. The van der Waals surface area contributed by atoms with Crippen molar-refractivity contribution >= 4 is 17.4 Å². The third kappa shape index (κ3) is 2.95. The molecule has 0 spiro atoms. The molecule has 3 rings (SSSR count). The van der Waals surface area contributed by atoms with E-state index in [9.17, 15) is 0 Å². The van der Waals surface area contributed by atoms with E-state index in [2.05, 4.69) is 28.8 Å². The number of piperidine rings is 1. The lowest BCUT2D eigenvalue weighted by Crippen LogP contribution is -2.39. The topological polar surface area (TPSA) is 46.8 Å². The van der Waals surface area contributed by atoms with Crippen LogP contribution in [0.3, 0.4) is 0 Å². The van der Waals surface area contributed by atoms with Gasteiger partial charge in [-0.2, -0.15) is 10.1 Å². The molecule has 0 aromatic carbocycles. The van der Waals surface area contributed by atoms with E-state index < -0.39 is 0 Å². The number of aryl methyl sites for hydroxylation is 2. The second kappa shape index (κ2) is 5.88. The number of nitrogens with zero attached hydrogens (tertiary/aromatic N) is 5. The smallest absolute Gasteiger partial charge is 0.252 e. The Bertz CT molecular complexity index is 671. The van der Waals surface area contributed by atoms with Gasteiger partial charge in [0, 0.05) is 18.8 Å². The normalized spacial score (nSPS) is 22.1. The Labute approximate surface area is 136 Å². The summed E-state index contributed by atoms with van der Waals surface area (Å²) in [6.07, 6.45) is 2.93. The third-order valence-corrected chi connectivity index (χ3v) is 4.35. The van der Waals surface area contributed by atoms with Crippen molar-refractivity contribution in [1.82, 2.24) is 19.7 Å². The lowest BCUT2D eigenvalue weighted by Gasteiger charge is -2.36. The van der Waals surface area contributed by atoms with Crippen LogP contribution in [0.4, 0.5) is 5.82 Å². The molecule has 1 aliphatic rings. The average Bonchev–Trinajstić information content (AvgIpc) is 2.77. The molecule has 0 amide bonds. The van der Waals surface area contributed by atoms with Crippen molar-refractivity contribution in [3.63, 3.8) is 0 Å². The van der Waals surface area contributed by atoms with Crippen molar-refractivity contribution in [3.8, 4) is 5.95 Å². The summed E-state index contributed by atoms with van der Waals surface area (Å²) >= 11 is 6.36. The second-order valence-corrected chi connectivity index (χ2v) is 6.94. The third-order valence-electron chi connectivity index (χ3n) is 4.08. The van der Waals surface area contributed by atoms with Gasteiger partial charge in [-0.25, -0.2) is 9.67 Å². The minimum atomic E-state index is 0.580. The first kappa shape index (κ1) is 15.3. The monoisotopic (exact) mass is 319 g/mol. The van der Waals surface area contributed by atoms with Crippen molar-refractivity contribution in [3.05, 3.63) is 28.7 Å². The molecule has 0 N–H and O–H groups in total. The summed E-state index contributed by atoms with van der Waals surface area (Å²) in [6, 6.07) is 2.02. The standard InChI is InChI=1S/C16H22ClN5/c1-10-5-11(2)9-21(8-10)15-14(17)7-18-16(19-15)22-13(4)6-12(3)20-22/h6-7,10-11H,5,8-9H2,1-4H3/t10-,11+. The first-order chi connectivity index (χ1) is 10.4. The summed E-state index contributed by atoms with van der Waals surface area (Å²) in [5.41, 5.74) is 1.98. The van der Waals surface area contributed by atoms with E-state index in [0.717, 1.165) is 30.3 Å². The highest BCUT2D eigenvalue weighted by Crippen LogP contribution is 2.30. The summed E-state index contributed by atoms with van der Waals surface area (Å²) in [5.74, 6) is 2.69. The zero-order chi connectivity index (χ0) is 15.9. The van der Waals surface area contributed by atoms with Gasteiger partial charge in [-0.3, -0.25) is 0 Å².